The number of nitrogens with one attached hydrogen (secondary N) is 1. The summed E-state index contributed by atoms with van der Waals surface area (Å²) in [5.74, 6) is 0.665. The summed E-state index contributed by atoms with van der Waals surface area (Å²) in [6.45, 7) is 4.51. The lowest BCUT2D eigenvalue weighted by Crippen LogP contribution is -2.49. The molecule has 2 fully saturated rings. The van der Waals surface area contributed by atoms with E-state index < -0.39 is 5.54 Å². The molecule has 1 heterocycles. The Hall–Kier alpha value is -1.06. The predicted octanol–water partition coefficient (Wildman–Crippen LogP) is 1.51. The molecule has 4 heteroatoms. The maximum atomic E-state index is 12.1. The van der Waals surface area contributed by atoms with E-state index in [4.69, 9.17) is 0 Å². The second-order valence-electron chi connectivity index (χ2n) is 4.74. The SMILES string of the molecule is CCN1C(=O)NC2(CCC(C)CC2)C1=O. The molecule has 0 aromatic heterocycles. The highest BCUT2D eigenvalue weighted by Crippen LogP contribution is 2.36. The van der Waals surface area contributed by atoms with Gasteiger partial charge < -0.3 is 5.32 Å². The van der Waals surface area contributed by atoms with Crippen LogP contribution in [0, 0.1) is 5.92 Å². The third-order valence-electron chi connectivity index (χ3n) is 3.69. The molecule has 4 nitrogen and oxygen atoms in total. The lowest BCUT2D eigenvalue weighted by molar-refractivity contribution is -0.132. The zero-order valence-corrected chi connectivity index (χ0v) is 9.38. The molecule has 1 saturated heterocycles. The lowest BCUT2D eigenvalue weighted by atomic mass is 9.77. The van der Waals surface area contributed by atoms with Gasteiger partial charge in [-0.15, -0.1) is 0 Å². The van der Waals surface area contributed by atoms with Gasteiger partial charge in [-0.1, -0.05) is 6.92 Å². The highest BCUT2D eigenvalue weighted by Gasteiger charge is 2.51. The van der Waals surface area contributed by atoms with Crippen LogP contribution in [-0.4, -0.2) is 28.9 Å². The van der Waals surface area contributed by atoms with E-state index in [9.17, 15) is 9.59 Å². The molecule has 1 spiro atoms. The van der Waals surface area contributed by atoms with E-state index in [1.807, 2.05) is 6.92 Å². The quantitative estimate of drug-likeness (QED) is 0.667. The molecule has 1 aliphatic carbocycles. The van der Waals surface area contributed by atoms with Gasteiger partial charge in [0, 0.05) is 6.54 Å². The van der Waals surface area contributed by atoms with Gasteiger partial charge in [-0.3, -0.25) is 9.69 Å². The third-order valence-corrected chi connectivity index (χ3v) is 3.69. The number of rotatable bonds is 1. The molecular weight excluding hydrogens is 192 g/mol. The normalized spacial score (nSPS) is 36.1. The first kappa shape index (κ1) is 10.5. The number of hydrogen-bond acceptors (Lipinski definition) is 2. The van der Waals surface area contributed by atoms with E-state index >= 15 is 0 Å². The monoisotopic (exact) mass is 210 g/mol. The van der Waals surface area contributed by atoms with Gasteiger partial charge in [0.05, 0.1) is 0 Å². The Morgan fingerprint density at radius 1 is 1.40 bits per heavy atom. The molecule has 1 N–H and O–H groups in total. The fraction of sp³-hybridized carbons (Fsp3) is 0.818. The summed E-state index contributed by atoms with van der Waals surface area (Å²) in [5.41, 5.74) is -0.556. The predicted molar refractivity (Wildman–Crippen MR) is 56.3 cm³/mol. The molecule has 15 heavy (non-hydrogen) atoms. The highest BCUT2D eigenvalue weighted by atomic mass is 16.2. The molecule has 1 saturated carbocycles. The maximum absolute atomic E-state index is 12.1. The van der Waals surface area contributed by atoms with Crippen LogP contribution in [0.4, 0.5) is 4.79 Å². The van der Waals surface area contributed by atoms with Crippen LogP contribution in [0.25, 0.3) is 0 Å². The molecular formula is C11H18N2O2. The number of hydrogen-bond donors (Lipinski definition) is 1. The average Bonchev–Trinajstić information content (AvgIpc) is 2.44. The molecule has 0 bridgehead atoms. The summed E-state index contributed by atoms with van der Waals surface area (Å²) >= 11 is 0. The smallest absolute Gasteiger partial charge is 0.323 e. The Morgan fingerprint density at radius 3 is 2.47 bits per heavy atom. The second kappa shape index (κ2) is 3.51. The van der Waals surface area contributed by atoms with E-state index in [1.54, 1.807) is 0 Å². The van der Waals surface area contributed by atoms with Crippen LogP contribution < -0.4 is 5.32 Å². The van der Waals surface area contributed by atoms with Gasteiger partial charge in [0.1, 0.15) is 5.54 Å². The fourth-order valence-electron chi connectivity index (χ4n) is 2.56. The molecule has 3 amide bonds. The summed E-state index contributed by atoms with van der Waals surface area (Å²) in [7, 11) is 0. The molecule has 0 aromatic carbocycles. The van der Waals surface area contributed by atoms with Crippen LogP contribution in [0.15, 0.2) is 0 Å². The molecule has 0 aromatic rings. The van der Waals surface area contributed by atoms with Crippen LogP contribution in [0.3, 0.4) is 0 Å². The first-order valence-corrected chi connectivity index (χ1v) is 5.73. The van der Waals surface area contributed by atoms with Crippen molar-refractivity contribution in [3.05, 3.63) is 0 Å². The maximum Gasteiger partial charge on any atom is 0.325 e. The van der Waals surface area contributed by atoms with Gasteiger partial charge in [0.2, 0.25) is 0 Å². The summed E-state index contributed by atoms with van der Waals surface area (Å²) in [4.78, 5) is 25.0. The van der Waals surface area contributed by atoms with Crippen LogP contribution in [0.2, 0.25) is 0 Å². The van der Waals surface area contributed by atoms with Gasteiger partial charge >= 0.3 is 6.03 Å². The van der Waals surface area contributed by atoms with Crippen LogP contribution in [0.1, 0.15) is 39.5 Å². The zero-order valence-electron chi connectivity index (χ0n) is 9.38. The molecule has 0 radical (unpaired) electrons. The number of carbonyl (C=O) groups is 2. The number of amides is 3. The van der Waals surface area contributed by atoms with Crippen molar-refractivity contribution in [1.29, 1.82) is 0 Å². The molecule has 0 atom stereocenters. The standard InChI is InChI=1S/C11H18N2O2/c1-3-13-9(14)11(12-10(13)15)6-4-8(2)5-7-11/h8H,3-7H2,1-2H3,(H,12,15). The van der Waals surface area contributed by atoms with Crippen molar-refractivity contribution < 1.29 is 9.59 Å². The van der Waals surface area contributed by atoms with Crippen molar-refractivity contribution in [2.24, 2.45) is 5.92 Å². The first-order chi connectivity index (χ1) is 7.09. The first-order valence-electron chi connectivity index (χ1n) is 5.73. The van der Waals surface area contributed by atoms with E-state index in [-0.39, 0.29) is 11.9 Å². The minimum absolute atomic E-state index is 0.0121. The minimum atomic E-state index is -0.556. The Labute approximate surface area is 90.0 Å². The Kier molecular flexibility index (Phi) is 2.44. The number of carbonyl (C=O) groups excluding carboxylic acids is 2. The van der Waals surface area contributed by atoms with Gasteiger partial charge in [-0.2, -0.15) is 0 Å². The molecule has 2 aliphatic rings. The molecule has 2 rings (SSSR count). The molecule has 1 aliphatic heterocycles. The number of nitrogens with zero attached hydrogens (tertiary/aromatic N) is 1. The van der Waals surface area contributed by atoms with Crippen molar-refractivity contribution in [2.45, 2.75) is 45.1 Å². The molecule has 0 unspecified atom stereocenters. The lowest BCUT2D eigenvalue weighted by Gasteiger charge is -2.33. The summed E-state index contributed by atoms with van der Waals surface area (Å²) in [6.07, 6.45) is 3.66. The van der Waals surface area contributed by atoms with E-state index in [0.29, 0.717) is 12.5 Å². The van der Waals surface area contributed by atoms with Gasteiger partial charge in [0.15, 0.2) is 0 Å². The summed E-state index contributed by atoms with van der Waals surface area (Å²) in [5, 5.41) is 2.88. The number of urea groups is 1. The van der Waals surface area contributed by atoms with Gasteiger partial charge in [0.25, 0.3) is 5.91 Å². The van der Waals surface area contributed by atoms with Crippen molar-refractivity contribution in [3.8, 4) is 0 Å². The average molecular weight is 210 g/mol. The van der Waals surface area contributed by atoms with Crippen molar-refractivity contribution in [3.63, 3.8) is 0 Å². The van der Waals surface area contributed by atoms with Crippen molar-refractivity contribution >= 4 is 11.9 Å². The second-order valence-corrected chi connectivity index (χ2v) is 4.74. The molecule has 84 valence electrons. The largest absolute Gasteiger partial charge is 0.325 e. The highest BCUT2D eigenvalue weighted by molar-refractivity contribution is 6.07. The zero-order chi connectivity index (χ0) is 11.1. The topological polar surface area (TPSA) is 49.4 Å². The van der Waals surface area contributed by atoms with Crippen LogP contribution >= 0.6 is 0 Å². The van der Waals surface area contributed by atoms with Crippen molar-refractivity contribution in [2.75, 3.05) is 6.54 Å². The van der Waals surface area contributed by atoms with Gasteiger partial charge in [-0.05, 0) is 38.5 Å². The van der Waals surface area contributed by atoms with Crippen LogP contribution in [0.5, 0.6) is 0 Å². The van der Waals surface area contributed by atoms with Crippen molar-refractivity contribution in [1.82, 2.24) is 10.2 Å². The fourth-order valence-corrected chi connectivity index (χ4v) is 2.56. The number of imide groups is 1. The van der Waals surface area contributed by atoms with E-state index in [0.717, 1.165) is 25.7 Å². The Balaban J connectivity index is 2.17. The van der Waals surface area contributed by atoms with E-state index in [1.165, 1.54) is 4.90 Å². The van der Waals surface area contributed by atoms with Crippen LogP contribution in [-0.2, 0) is 4.79 Å². The number of likely N-dealkylation sites (N-methyl/N-ethyl adjacent to an activating group) is 1. The minimum Gasteiger partial charge on any atom is -0.323 e. The summed E-state index contributed by atoms with van der Waals surface area (Å²) < 4.78 is 0. The van der Waals surface area contributed by atoms with E-state index in [2.05, 4.69) is 12.2 Å². The Morgan fingerprint density at radius 2 is 2.00 bits per heavy atom. The summed E-state index contributed by atoms with van der Waals surface area (Å²) in [6, 6.07) is -0.211. The Bertz CT molecular complexity index is 293. The third kappa shape index (κ3) is 1.52. The van der Waals surface area contributed by atoms with Gasteiger partial charge in [-0.25, -0.2) is 4.79 Å².